The molecule has 0 radical (unpaired) electrons. The molecule has 212 valence electrons. The Hall–Kier alpha value is -4.45. The van der Waals surface area contributed by atoms with Gasteiger partial charge in [-0.15, -0.1) is 0 Å². The van der Waals surface area contributed by atoms with Crippen LogP contribution in [0.2, 0.25) is 0 Å². The minimum absolute atomic E-state index is 0.181. The Morgan fingerprint density at radius 1 is 0.732 bits per heavy atom. The molecular weight excluding hydrogens is 516 g/mol. The predicted octanol–water partition coefficient (Wildman–Crippen LogP) is 7.27. The van der Waals surface area contributed by atoms with Crippen LogP contribution in [0.3, 0.4) is 0 Å². The van der Waals surface area contributed by atoms with E-state index in [1.54, 1.807) is 39.8 Å². The van der Waals surface area contributed by atoms with Gasteiger partial charge < -0.3 is 14.2 Å². The first-order valence-corrected chi connectivity index (χ1v) is 13.7. The summed E-state index contributed by atoms with van der Waals surface area (Å²) in [7, 11) is 0. The summed E-state index contributed by atoms with van der Waals surface area (Å²) in [6.45, 7) is 18.1. The maximum Gasteiger partial charge on any atom is 0.338 e. The zero-order valence-corrected chi connectivity index (χ0v) is 24.6. The second kappa shape index (κ2) is 12.0. The second-order valence-corrected chi connectivity index (χ2v) is 11.1. The number of ether oxygens (including phenoxy) is 3. The van der Waals surface area contributed by atoms with Crippen LogP contribution in [0.1, 0.15) is 49.9 Å². The topological polar surface area (TPSA) is 78.9 Å². The average Bonchev–Trinajstić information content (AvgIpc) is 3.30. The number of aryl methyl sites for hydroxylation is 2. The van der Waals surface area contributed by atoms with Gasteiger partial charge in [0.05, 0.1) is 5.92 Å². The number of carbonyl (C=O) groups is 3. The molecule has 0 N–H and O–H groups in total. The molecule has 1 aliphatic rings. The molecule has 0 aliphatic heterocycles. The van der Waals surface area contributed by atoms with E-state index < -0.39 is 5.97 Å². The highest BCUT2D eigenvalue weighted by molar-refractivity contribution is 5.89. The molecule has 3 aromatic carbocycles. The lowest BCUT2D eigenvalue weighted by Crippen LogP contribution is -2.18. The number of carbonyl (C=O) groups excluding carboxylic acids is 3. The van der Waals surface area contributed by atoms with E-state index in [0.717, 1.165) is 33.4 Å². The lowest BCUT2D eigenvalue weighted by Gasteiger charge is -2.16. The molecular formula is C35H36O6. The Balaban J connectivity index is 1.67. The van der Waals surface area contributed by atoms with Crippen LogP contribution in [-0.2, 0) is 32.0 Å². The molecule has 0 spiro atoms. The Labute approximate surface area is 241 Å². The summed E-state index contributed by atoms with van der Waals surface area (Å²) in [5.74, 6) is -1.04. The molecule has 6 nitrogen and oxygen atoms in total. The van der Waals surface area contributed by atoms with Crippen molar-refractivity contribution < 1.29 is 28.6 Å². The summed E-state index contributed by atoms with van der Waals surface area (Å²) in [4.78, 5) is 36.6. The standard InChI is InChI=1S/C35H36O6/c1-19(2)33(36)39-28-14-24-9-10-25(13-26(24)15-28)31-11-23(8)32(12-22(31)7)27-16-29(40-34(37)20(3)4)18-30(17-27)41-35(38)21(5)6/h9-13,16-18,21,28H,1,3,14-15H2,2,4-8H3. The maximum absolute atomic E-state index is 12.3. The van der Waals surface area contributed by atoms with Crippen molar-refractivity contribution in [2.45, 2.75) is 60.5 Å². The first-order valence-electron chi connectivity index (χ1n) is 13.7. The third kappa shape index (κ3) is 6.83. The lowest BCUT2D eigenvalue weighted by atomic mass is 9.91. The summed E-state index contributed by atoms with van der Waals surface area (Å²) >= 11 is 0. The molecule has 6 heteroatoms. The van der Waals surface area contributed by atoms with E-state index in [-0.39, 0.29) is 35.3 Å². The molecule has 0 heterocycles. The molecule has 0 saturated heterocycles. The van der Waals surface area contributed by atoms with Gasteiger partial charge in [0.1, 0.15) is 17.6 Å². The van der Waals surface area contributed by atoms with Crippen LogP contribution in [0.4, 0.5) is 0 Å². The van der Waals surface area contributed by atoms with Crippen LogP contribution in [0.25, 0.3) is 22.3 Å². The van der Waals surface area contributed by atoms with E-state index in [2.05, 4.69) is 43.5 Å². The van der Waals surface area contributed by atoms with Crippen molar-refractivity contribution in [1.82, 2.24) is 0 Å². The van der Waals surface area contributed by atoms with Crippen molar-refractivity contribution in [3.8, 4) is 33.8 Å². The van der Waals surface area contributed by atoms with Gasteiger partial charge in [-0.25, -0.2) is 9.59 Å². The molecule has 4 rings (SSSR count). The average molecular weight is 553 g/mol. The number of hydrogen-bond acceptors (Lipinski definition) is 6. The van der Waals surface area contributed by atoms with Gasteiger partial charge in [0.15, 0.2) is 0 Å². The van der Waals surface area contributed by atoms with Crippen molar-refractivity contribution in [2.75, 3.05) is 0 Å². The lowest BCUT2D eigenvalue weighted by molar-refractivity contribution is -0.143. The summed E-state index contributed by atoms with van der Waals surface area (Å²) in [5, 5.41) is 0. The molecule has 0 bridgehead atoms. The van der Waals surface area contributed by atoms with Crippen molar-refractivity contribution in [1.29, 1.82) is 0 Å². The molecule has 41 heavy (non-hydrogen) atoms. The van der Waals surface area contributed by atoms with Gasteiger partial charge in [0.2, 0.25) is 0 Å². The first kappa shape index (κ1) is 29.5. The molecule has 0 amide bonds. The fourth-order valence-electron chi connectivity index (χ4n) is 4.79. The van der Waals surface area contributed by atoms with E-state index in [0.29, 0.717) is 24.2 Å². The van der Waals surface area contributed by atoms with Gasteiger partial charge in [-0.05, 0) is 84.3 Å². The molecule has 1 unspecified atom stereocenters. The second-order valence-electron chi connectivity index (χ2n) is 11.1. The smallest absolute Gasteiger partial charge is 0.338 e. The number of benzene rings is 3. The fraction of sp³-hybridized carbons (Fsp3) is 0.286. The van der Waals surface area contributed by atoms with E-state index in [9.17, 15) is 14.4 Å². The Morgan fingerprint density at radius 2 is 1.29 bits per heavy atom. The van der Waals surface area contributed by atoms with Gasteiger partial charge >= 0.3 is 17.9 Å². The van der Waals surface area contributed by atoms with Crippen molar-refractivity contribution in [3.05, 3.63) is 95.1 Å². The largest absolute Gasteiger partial charge is 0.458 e. The van der Waals surface area contributed by atoms with Crippen molar-refractivity contribution >= 4 is 17.9 Å². The summed E-state index contributed by atoms with van der Waals surface area (Å²) in [5.41, 5.74) is 8.94. The summed E-state index contributed by atoms with van der Waals surface area (Å²) < 4.78 is 16.7. The molecule has 0 saturated carbocycles. The van der Waals surface area contributed by atoms with Crippen LogP contribution in [-0.4, -0.2) is 24.0 Å². The van der Waals surface area contributed by atoms with Gasteiger partial charge in [-0.1, -0.05) is 57.3 Å². The fourth-order valence-corrected chi connectivity index (χ4v) is 4.79. The minimum Gasteiger partial charge on any atom is -0.458 e. The van der Waals surface area contributed by atoms with Gasteiger partial charge in [-0.3, -0.25) is 4.79 Å². The SMILES string of the molecule is C=C(C)C(=O)Oc1cc(OC(=O)C(C)C)cc(-c2cc(C)c(-c3ccc4c(c3)CC(OC(=O)C(=C)C)C4)cc2C)c1. The molecule has 3 aromatic rings. The van der Waals surface area contributed by atoms with E-state index >= 15 is 0 Å². The predicted molar refractivity (Wildman–Crippen MR) is 160 cm³/mol. The Bertz CT molecular complexity index is 1580. The number of fused-ring (bicyclic) bond motifs is 1. The maximum atomic E-state index is 12.3. The molecule has 0 aromatic heterocycles. The summed E-state index contributed by atoms with van der Waals surface area (Å²) in [6, 6.07) is 15.7. The number of esters is 3. The van der Waals surface area contributed by atoms with Crippen molar-refractivity contribution in [3.63, 3.8) is 0 Å². The van der Waals surface area contributed by atoms with E-state index in [1.165, 1.54) is 17.2 Å². The zero-order chi connectivity index (χ0) is 30.0. The quantitative estimate of drug-likeness (QED) is 0.166. The van der Waals surface area contributed by atoms with Gasteiger partial charge in [0.25, 0.3) is 0 Å². The minimum atomic E-state index is -0.556. The number of rotatable bonds is 8. The van der Waals surface area contributed by atoms with Gasteiger partial charge in [-0.2, -0.15) is 0 Å². The molecule has 1 atom stereocenters. The Morgan fingerprint density at radius 3 is 1.88 bits per heavy atom. The van der Waals surface area contributed by atoms with Crippen LogP contribution in [0, 0.1) is 19.8 Å². The van der Waals surface area contributed by atoms with Crippen LogP contribution < -0.4 is 9.47 Å². The van der Waals surface area contributed by atoms with Gasteiger partial charge in [0, 0.05) is 30.1 Å². The number of hydrogen-bond donors (Lipinski definition) is 0. The summed E-state index contributed by atoms with van der Waals surface area (Å²) in [6.07, 6.45) is 1.19. The highest BCUT2D eigenvalue weighted by atomic mass is 16.6. The third-order valence-electron chi connectivity index (χ3n) is 7.05. The van der Waals surface area contributed by atoms with Crippen LogP contribution in [0.5, 0.6) is 11.5 Å². The zero-order valence-electron chi connectivity index (χ0n) is 24.6. The van der Waals surface area contributed by atoms with Crippen LogP contribution >= 0.6 is 0 Å². The monoisotopic (exact) mass is 552 g/mol. The van der Waals surface area contributed by atoms with Crippen molar-refractivity contribution in [2.24, 2.45) is 5.92 Å². The van der Waals surface area contributed by atoms with Crippen LogP contribution in [0.15, 0.2) is 72.8 Å². The first-order chi connectivity index (χ1) is 19.3. The normalized spacial score (nSPS) is 13.9. The highest BCUT2D eigenvalue weighted by Crippen LogP contribution is 2.37. The highest BCUT2D eigenvalue weighted by Gasteiger charge is 2.25. The Kier molecular flexibility index (Phi) is 8.62. The van der Waals surface area contributed by atoms with E-state index in [4.69, 9.17) is 14.2 Å². The molecule has 1 aliphatic carbocycles. The van der Waals surface area contributed by atoms with E-state index in [1.807, 2.05) is 13.8 Å². The third-order valence-corrected chi connectivity index (χ3v) is 7.05. The molecule has 0 fully saturated rings.